The van der Waals surface area contributed by atoms with Gasteiger partial charge in [0, 0.05) is 26.4 Å². The summed E-state index contributed by atoms with van der Waals surface area (Å²) in [6.07, 6.45) is 3.40. The smallest absolute Gasteiger partial charge is 0.272 e. The first-order valence-electron chi connectivity index (χ1n) is 5.93. The van der Waals surface area contributed by atoms with Crippen LogP contribution in [0.3, 0.4) is 0 Å². The van der Waals surface area contributed by atoms with E-state index in [2.05, 4.69) is 4.98 Å². The molecule has 0 N–H and O–H groups in total. The quantitative estimate of drug-likeness (QED) is 0.785. The molecule has 2 heterocycles. The van der Waals surface area contributed by atoms with Crippen LogP contribution in [0.25, 0.3) is 0 Å². The summed E-state index contributed by atoms with van der Waals surface area (Å²) in [5, 5.41) is 8.67. The number of nitrogens with zero attached hydrogens (tertiary/aromatic N) is 3. The number of likely N-dealkylation sites (tertiary alicyclic amines) is 1. The summed E-state index contributed by atoms with van der Waals surface area (Å²) in [4.78, 5) is 17.9. The Labute approximate surface area is 106 Å². The zero-order chi connectivity index (χ0) is 13.0. The van der Waals surface area contributed by atoms with Gasteiger partial charge in [-0.15, -0.1) is 0 Å². The molecular weight excluding hydrogens is 230 g/mol. The SMILES string of the molecule is COC1CCN(C(=O)c2ccc(C#N)cn2)CC1. The molecule has 1 aliphatic heterocycles. The van der Waals surface area contributed by atoms with Crippen molar-refractivity contribution in [3.8, 4) is 6.07 Å². The van der Waals surface area contributed by atoms with Crippen molar-refractivity contribution in [2.75, 3.05) is 20.2 Å². The van der Waals surface area contributed by atoms with Gasteiger partial charge in [0.25, 0.3) is 5.91 Å². The van der Waals surface area contributed by atoms with Gasteiger partial charge in [-0.05, 0) is 25.0 Å². The van der Waals surface area contributed by atoms with E-state index in [0.29, 0.717) is 24.3 Å². The lowest BCUT2D eigenvalue weighted by atomic mass is 10.1. The number of methoxy groups -OCH3 is 1. The fraction of sp³-hybridized carbons (Fsp3) is 0.462. The summed E-state index contributed by atoms with van der Waals surface area (Å²) in [6.45, 7) is 1.39. The molecule has 94 valence electrons. The number of aromatic nitrogens is 1. The number of hydrogen-bond donors (Lipinski definition) is 0. The average molecular weight is 245 g/mol. The van der Waals surface area contributed by atoms with Gasteiger partial charge in [-0.2, -0.15) is 5.26 Å². The van der Waals surface area contributed by atoms with Gasteiger partial charge in [-0.25, -0.2) is 4.98 Å². The number of nitriles is 1. The maximum absolute atomic E-state index is 12.1. The van der Waals surface area contributed by atoms with Crippen molar-refractivity contribution >= 4 is 5.91 Å². The molecule has 0 unspecified atom stereocenters. The number of carbonyl (C=O) groups is 1. The number of rotatable bonds is 2. The topological polar surface area (TPSA) is 66.2 Å². The average Bonchev–Trinajstić information content (AvgIpc) is 2.47. The van der Waals surface area contributed by atoms with Crippen LogP contribution in [-0.2, 0) is 4.74 Å². The molecule has 1 aliphatic rings. The van der Waals surface area contributed by atoms with Crippen LogP contribution in [-0.4, -0.2) is 42.1 Å². The van der Waals surface area contributed by atoms with Gasteiger partial charge >= 0.3 is 0 Å². The summed E-state index contributed by atoms with van der Waals surface area (Å²) >= 11 is 0. The molecular formula is C13H15N3O2. The highest BCUT2D eigenvalue weighted by atomic mass is 16.5. The lowest BCUT2D eigenvalue weighted by Gasteiger charge is -2.30. The van der Waals surface area contributed by atoms with Crippen molar-refractivity contribution < 1.29 is 9.53 Å². The highest BCUT2D eigenvalue weighted by Crippen LogP contribution is 2.15. The van der Waals surface area contributed by atoms with Crippen molar-refractivity contribution in [3.63, 3.8) is 0 Å². The third-order valence-corrected chi connectivity index (χ3v) is 3.17. The monoisotopic (exact) mass is 245 g/mol. The van der Waals surface area contributed by atoms with Crippen LogP contribution in [0.2, 0.25) is 0 Å². The van der Waals surface area contributed by atoms with E-state index in [1.165, 1.54) is 6.20 Å². The minimum atomic E-state index is -0.0750. The predicted molar refractivity (Wildman–Crippen MR) is 64.9 cm³/mol. The van der Waals surface area contributed by atoms with E-state index in [-0.39, 0.29) is 12.0 Å². The number of piperidine rings is 1. The van der Waals surface area contributed by atoms with Crippen LogP contribution in [0.15, 0.2) is 18.3 Å². The van der Waals surface area contributed by atoms with Gasteiger partial charge in [0.1, 0.15) is 11.8 Å². The number of hydrogen-bond acceptors (Lipinski definition) is 4. The largest absolute Gasteiger partial charge is 0.381 e. The van der Waals surface area contributed by atoms with Crippen LogP contribution >= 0.6 is 0 Å². The van der Waals surface area contributed by atoms with Gasteiger partial charge < -0.3 is 9.64 Å². The summed E-state index contributed by atoms with van der Waals surface area (Å²) in [7, 11) is 1.70. The second-order valence-electron chi connectivity index (χ2n) is 4.27. The zero-order valence-corrected chi connectivity index (χ0v) is 10.3. The fourth-order valence-electron chi connectivity index (χ4n) is 2.04. The number of amides is 1. The standard InChI is InChI=1S/C13H15N3O2/c1-18-11-4-6-16(7-5-11)13(17)12-3-2-10(8-14)9-15-12/h2-3,9,11H,4-7H2,1H3. The molecule has 0 saturated carbocycles. The van der Waals surface area contributed by atoms with E-state index in [4.69, 9.17) is 10.00 Å². The Morgan fingerprint density at radius 3 is 2.72 bits per heavy atom. The van der Waals surface area contributed by atoms with Gasteiger partial charge in [0.2, 0.25) is 0 Å². The summed E-state index contributed by atoms with van der Waals surface area (Å²) < 4.78 is 5.27. The Morgan fingerprint density at radius 1 is 1.50 bits per heavy atom. The second kappa shape index (κ2) is 5.61. The zero-order valence-electron chi connectivity index (χ0n) is 10.3. The van der Waals surface area contributed by atoms with Gasteiger partial charge in [-0.3, -0.25) is 4.79 Å². The molecule has 2 rings (SSSR count). The molecule has 0 radical (unpaired) electrons. The van der Waals surface area contributed by atoms with E-state index >= 15 is 0 Å². The lowest BCUT2D eigenvalue weighted by molar-refractivity contribution is 0.0347. The summed E-state index contributed by atoms with van der Waals surface area (Å²) in [5.74, 6) is -0.0750. The van der Waals surface area contributed by atoms with Gasteiger partial charge in [0.15, 0.2) is 0 Å². The van der Waals surface area contributed by atoms with Crippen LogP contribution in [0.1, 0.15) is 28.9 Å². The highest BCUT2D eigenvalue weighted by molar-refractivity contribution is 5.92. The first-order valence-corrected chi connectivity index (χ1v) is 5.93. The number of carbonyl (C=O) groups excluding carboxylic acids is 1. The molecule has 1 aromatic rings. The molecule has 0 bridgehead atoms. The summed E-state index contributed by atoms with van der Waals surface area (Å²) in [6, 6.07) is 5.20. The summed E-state index contributed by atoms with van der Waals surface area (Å²) in [5.41, 5.74) is 0.856. The molecule has 18 heavy (non-hydrogen) atoms. The minimum Gasteiger partial charge on any atom is -0.381 e. The Kier molecular flexibility index (Phi) is 3.90. The maximum atomic E-state index is 12.1. The molecule has 1 aromatic heterocycles. The Balaban J connectivity index is 2.01. The highest BCUT2D eigenvalue weighted by Gasteiger charge is 2.23. The maximum Gasteiger partial charge on any atom is 0.272 e. The molecule has 0 spiro atoms. The normalized spacial score (nSPS) is 16.3. The van der Waals surface area contributed by atoms with Crippen molar-refractivity contribution in [1.82, 2.24) is 9.88 Å². The molecule has 5 heteroatoms. The van der Waals surface area contributed by atoms with Crippen LogP contribution < -0.4 is 0 Å². The van der Waals surface area contributed by atoms with Crippen molar-refractivity contribution in [2.45, 2.75) is 18.9 Å². The Bertz CT molecular complexity index is 456. The van der Waals surface area contributed by atoms with Crippen molar-refractivity contribution in [1.29, 1.82) is 5.26 Å². The van der Waals surface area contributed by atoms with Crippen LogP contribution in [0, 0.1) is 11.3 Å². The van der Waals surface area contributed by atoms with Gasteiger partial charge in [0.05, 0.1) is 11.7 Å². The molecule has 0 atom stereocenters. The number of pyridine rings is 1. The third-order valence-electron chi connectivity index (χ3n) is 3.17. The van der Waals surface area contributed by atoms with Gasteiger partial charge in [-0.1, -0.05) is 0 Å². The minimum absolute atomic E-state index is 0.0750. The second-order valence-corrected chi connectivity index (χ2v) is 4.27. The number of ether oxygens (including phenoxy) is 1. The molecule has 1 saturated heterocycles. The van der Waals surface area contributed by atoms with Crippen LogP contribution in [0.5, 0.6) is 0 Å². The van der Waals surface area contributed by atoms with E-state index in [1.807, 2.05) is 6.07 Å². The lowest BCUT2D eigenvalue weighted by Crippen LogP contribution is -2.40. The molecule has 0 aromatic carbocycles. The van der Waals surface area contributed by atoms with Crippen LogP contribution in [0.4, 0.5) is 0 Å². The Hall–Kier alpha value is -1.93. The van der Waals surface area contributed by atoms with Crippen molar-refractivity contribution in [3.05, 3.63) is 29.6 Å². The Morgan fingerprint density at radius 2 is 2.22 bits per heavy atom. The third kappa shape index (κ3) is 2.66. The molecule has 0 aliphatic carbocycles. The van der Waals surface area contributed by atoms with Crippen molar-refractivity contribution in [2.24, 2.45) is 0 Å². The predicted octanol–water partition coefficient (Wildman–Crippen LogP) is 1.20. The molecule has 1 amide bonds. The fourth-order valence-corrected chi connectivity index (χ4v) is 2.04. The first kappa shape index (κ1) is 12.5. The van der Waals surface area contributed by atoms with E-state index in [1.54, 1.807) is 24.1 Å². The first-order chi connectivity index (χ1) is 8.74. The molecule has 5 nitrogen and oxygen atoms in total. The van der Waals surface area contributed by atoms with E-state index in [0.717, 1.165) is 12.8 Å². The van der Waals surface area contributed by atoms with E-state index in [9.17, 15) is 4.79 Å². The molecule has 1 fully saturated rings. The van der Waals surface area contributed by atoms with E-state index < -0.39 is 0 Å².